The Bertz CT molecular complexity index is 1500. The number of phenolic OH excluding ortho intramolecular Hbond substituents is 1. The Morgan fingerprint density at radius 1 is 1.17 bits per heavy atom. The lowest BCUT2D eigenvalue weighted by atomic mass is 9.93. The molecule has 3 aromatic carbocycles. The summed E-state index contributed by atoms with van der Waals surface area (Å²) >= 11 is 0. The van der Waals surface area contributed by atoms with E-state index in [0.717, 1.165) is 0 Å². The number of halogens is 2. The number of nitrogens with zero attached hydrogens (tertiary/aromatic N) is 3. The first-order valence-electron chi connectivity index (χ1n) is 11.2. The molecule has 1 atom stereocenters. The summed E-state index contributed by atoms with van der Waals surface area (Å²) in [7, 11) is 1.42. The summed E-state index contributed by atoms with van der Waals surface area (Å²) in [5.41, 5.74) is 0.441. The first-order valence-corrected chi connectivity index (χ1v) is 11.2. The number of aromatic hydroxyl groups is 1. The summed E-state index contributed by atoms with van der Waals surface area (Å²) in [6.45, 7) is 4.50. The third kappa shape index (κ3) is 3.98. The monoisotopic (exact) mass is 475 g/mol. The van der Waals surface area contributed by atoms with Crippen molar-refractivity contribution in [2.45, 2.75) is 6.92 Å². The molecule has 1 aliphatic heterocycles. The fourth-order valence-corrected chi connectivity index (χ4v) is 4.62. The number of aromatic nitrogens is 2. The lowest BCUT2D eigenvalue weighted by Crippen LogP contribution is -2.30. The number of hydrogen-bond acceptors (Lipinski definition) is 6. The Morgan fingerprint density at radius 3 is 2.77 bits per heavy atom. The topological polar surface area (TPSA) is 67.7 Å². The third-order valence-corrected chi connectivity index (χ3v) is 6.17. The summed E-state index contributed by atoms with van der Waals surface area (Å²) in [5.74, 6) is 1.82. The van der Waals surface area contributed by atoms with E-state index in [2.05, 4.69) is 22.8 Å². The van der Waals surface area contributed by atoms with Crippen LogP contribution in [0, 0.1) is 29.9 Å². The van der Waals surface area contributed by atoms with Gasteiger partial charge in [0.1, 0.15) is 22.9 Å². The van der Waals surface area contributed by atoms with Crippen LogP contribution < -0.4 is 9.64 Å². The van der Waals surface area contributed by atoms with Gasteiger partial charge in [-0.2, -0.15) is 9.97 Å². The molecule has 1 unspecified atom stereocenters. The van der Waals surface area contributed by atoms with Crippen LogP contribution in [-0.4, -0.2) is 48.5 Å². The van der Waals surface area contributed by atoms with E-state index < -0.39 is 11.6 Å². The van der Waals surface area contributed by atoms with E-state index in [1.807, 2.05) is 4.90 Å². The number of terminal acetylenes is 1. The van der Waals surface area contributed by atoms with E-state index >= 15 is 4.39 Å². The van der Waals surface area contributed by atoms with Crippen molar-refractivity contribution in [1.29, 1.82) is 0 Å². The smallest absolute Gasteiger partial charge is 0.318 e. The van der Waals surface area contributed by atoms with E-state index in [-0.39, 0.29) is 39.9 Å². The first-order chi connectivity index (χ1) is 16.9. The summed E-state index contributed by atoms with van der Waals surface area (Å²) in [4.78, 5) is 10.9. The summed E-state index contributed by atoms with van der Waals surface area (Å²) < 4.78 is 41.6. The van der Waals surface area contributed by atoms with Gasteiger partial charge in [-0.25, -0.2) is 8.78 Å². The van der Waals surface area contributed by atoms with Crippen LogP contribution in [0.1, 0.15) is 12.5 Å². The van der Waals surface area contributed by atoms with Crippen LogP contribution in [0.4, 0.5) is 14.6 Å². The molecular formula is C27H23F2N3O3. The fraction of sp³-hybridized carbons (Fsp3) is 0.259. The maximum atomic E-state index is 16.2. The quantitative estimate of drug-likeness (QED) is 0.426. The molecule has 1 aromatic heterocycles. The van der Waals surface area contributed by atoms with Crippen LogP contribution in [0.15, 0.2) is 36.4 Å². The minimum atomic E-state index is -0.650. The molecule has 1 fully saturated rings. The first kappa shape index (κ1) is 22.8. The van der Waals surface area contributed by atoms with Gasteiger partial charge in [0.05, 0.1) is 25.9 Å². The molecule has 4 aromatic rings. The van der Waals surface area contributed by atoms with Gasteiger partial charge in [0.15, 0.2) is 5.82 Å². The van der Waals surface area contributed by atoms with Gasteiger partial charge in [0.25, 0.3) is 0 Å². The number of methoxy groups -OCH3 is 1. The predicted molar refractivity (Wildman–Crippen MR) is 131 cm³/mol. The van der Waals surface area contributed by atoms with Crippen molar-refractivity contribution in [2.75, 3.05) is 38.3 Å². The zero-order chi connectivity index (χ0) is 24.7. The van der Waals surface area contributed by atoms with Crippen molar-refractivity contribution >= 4 is 27.5 Å². The van der Waals surface area contributed by atoms with Crippen molar-refractivity contribution in [3.63, 3.8) is 0 Å². The molecule has 0 amide bonds. The van der Waals surface area contributed by atoms with Crippen molar-refractivity contribution in [2.24, 2.45) is 5.92 Å². The van der Waals surface area contributed by atoms with E-state index in [1.165, 1.54) is 31.4 Å². The molecule has 178 valence electrons. The van der Waals surface area contributed by atoms with Gasteiger partial charge in [-0.15, -0.1) is 6.42 Å². The van der Waals surface area contributed by atoms with Gasteiger partial charge < -0.3 is 19.5 Å². The molecule has 0 radical (unpaired) electrons. The number of fused-ring (bicyclic) bond motifs is 2. The van der Waals surface area contributed by atoms with E-state index in [4.69, 9.17) is 15.9 Å². The van der Waals surface area contributed by atoms with E-state index in [1.54, 1.807) is 12.1 Å². The van der Waals surface area contributed by atoms with Crippen molar-refractivity contribution in [1.82, 2.24) is 9.97 Å². The average Bonchev–Trinajstić information content (AvgIpc) is 3.07. The molecule has 0 aliphatic carbocycles. The standard InChI is InChI=1S/C27H23F2N3O3/c1-4-18-22(28)8-5-16-11-17(33)12-21(23(16)18)19-6-7-20-25(24(19)29)30-27(34-3)31-26(20)32-9-10-35-14-15(2)13-32/h1,5-8,11-12,15,33H,9-10,13-14H2,2-3H3. The molecule has 1 aliphatic rings. The van der Waals surface area contributed by atoms with Gasteiger partial charge in [-0.1, -0.05) is 25.0 Å². The molecule has 1 N–H and O–H groups in total. The Kier molecular flexibility index (Phi) is 5.87. The minimum Gasteiger partial charge on any atom is -0.508 e. The number of rotatable bonds is 3. The second kappa shape index (κ2) is 9.01. The number of ether oxygens (including phenoxy) is 2. The van der Waals surface area contributed by atoms with Gasteiger partial charge in [-0.05, 0) is 41.1 Å². The van der Waals surface area contributed by atoms with Gasteiger partial charge >= 0.3 is 6.01 Å². The zero-order valence-electron chi connectivity index (χ0n) is 19.3. The number of benzene rings is 3. The highest BCUT2D eigenvalue weighted by molar-refractivity contribution is 6.04. The number of anilines is 1. The Balaban J connectivity index is 1.78. The van der Waals surface area contributed by atoms with E-state index in [9.17, 15) is 9.50 Å². The second-order valence-corrected chi connectivity index (χ2v) is 8.64. The summed E-state index contributed by atoms with van der Waals surface area (Å²) in [5, 5.41) is 11.7. The highest BCUT2D eigenvalue weighted by Gasteiger charge is 2.24. The molecule has 5 rings (SSSR count). The molecule has 0 saturated carbocycles. The normalized spacial score (nSPS) is 16.3. The molecule has 6 nitrogen and oxygen atoms in total. The lowest BCUT2D eigenvalue weighted by Gasteiger charge is -2.24. The maximum absolute atomic E-state index is 16.2. The molecule has 35 heavy (non-hydrogen) atoms. The third-order valence-electron chi connectivity index (χ3n) is 6.17. The molecule has 1 saturated heterocycles. The van der Waals surface area contributed by atoms with Gasteiger partial charge in [0, 0.05) is 29.4 Å². The largest absolute Gasteiger partial charge is 0.508 e. The number of hydrogen-bond donors (Lipinski definition) is 1. The zero-order valence-corrected chi connectivity index (χ0v) is 19.3. The van der Waals surface area contributed by atoms with Crippen LogP contribution in [-0.2, 0) is 4.74 Å². The molecular weight excluding hydrogens is 452 g/mol. The molecule has 0 spiro atoms. The van der Waals surface area contributed by atoms with Gasteiger partial charge in [0.2, 0.25) is 0 Å². The number of phenols is 1. The Labute approximate surface area is 201 Å². The minimum absolute atomic E-state index is 0.00323. The SMILES string of the molecule is C#Cc1c(F)ccc2cc(O)cc(-c3ccc4c(N5CCOCC(C)C5)nc(OC)nc4c3F)c12. The fourth-order valence-electron chi connectivity index (χ4n) is 4.62. The lowest BCUT2D eigenvalue weighted by molar-refractivity contribution is 0.129. The van der Waals surface area contributed by atoms with Gasteiger partial charge in [-0.3, -0.25) is 0 Å². The molecule has 2 heterocycles. The Morgan fingerprint density at radius 2 is 2.00 bits per heavy atom. The van der Waals surface area contributed by atoms with Crippen molar-refractivity contribution in [3.8, 4) is 35.2 Å². The van der Waals surface area contributed by atoms with Crippen LogP contribution in [0.25, 0.3) is 32.8 Å². The van der Waals surface area contributed by atoms with Crippen LogP contribution >= 0.6 is 0 Å². The highest BCUT2D eigenvalue weighted by Crippen LogP contribution is 2.40. The van der Waals surface area contributed by atoms with E-state index in [0.29, 0.717) is 48.3 Å². The predicted octanol–water partition coefficient (Wildman–Crippen LogP) is 4.90. The summed E-state index contributed by atoms with van der Waals surface area (Å²) in [6.07, 6.45) is 5.60. The molecule has 8 heteroatoms. The second-order valence-electron chi connectivity index (χ2n) is 8.64. The highest BCUT2D eigenvalue weighted by atomic mass is 19.1. The van der Waals surface area contributed by atoms with Crippen LogP contribution in [0.3, 0.4) is 0 Å². The van der Waals surface area contributed by atoms with Crippen LogP contribution in [0.2, 0.25) is 0 Å². The summed E-state index contributed by atoms with van der Waals surface area (Å²) in [6, 6.07) is 8.90. The molecule has 0 bridgehead atoms. The van der Waals surface area contributed by atoms with Crippen molar-refractivity contribution < 1.29 is 23.4 Å². The van der Waals surface area contributed by atoms with Crippen LogP contribution in [0.5, 0.6) is 11.8 Å². The van der Waals surface area contributed by atoms with Crippen molar-refractivity contribution in [3.05, 3.63) is 53.6 Å². The average molecular weight is 475 g/mol. The maximum Gasteiger partial charge on any atom is 0.318 e. The Hall–Kier alpha value is -3.96.